The first kappa shape index (κ1) is 15.4. The highest BCUT2D eigenvalue weighted by Crippen LogP contribution is 2.22. The summed E-state index contributed by atoms with van der Waals surface area (Å²) >= 11 is 5.62. The summed E-state index contributed by atoms with van der Waals surface area (Å²) in [5.41, 5.74) is 0. The molecule has 0 amide bonds. The van der Waals surface area contributed by atoms with E-state index in [1.54, 1.807) is 6.92 Å². The Bertz CT molecular complexity index is 505. The van der Waals surface area contributed by atoms with E-state index >= 15 is 0 Å². The highest BCUT2D eigenvalue weighted by molar-refractivity contribution is 7.89. The topological polar surface area (TPSA) is 37.4 Å². The van der Waals surface area contributed by atoms with Crippen LogP contribution in [0.25, 0.3) is 0 Å². The lowest BCUT2D eigenvalue weighted by Crippen LogP contribution is -2.32. The third-order valence-corrected chi connectivity index (χ3v) is 4.87. The molecule has 1 rings (SSSR count). The first-order chi connectivity index (χ1) is 8.43. The van der Waals surface area contributed by atoms with Gasteiger partial charge in [-0.3, -0.25) is 0 Å². The molecule has 0 radical (unpaired) electrons. The first-order valence-electron chi connectivity index (χ1n) is 5.88. The van der Waals surface area contributed by atoms with Crippen molar-refractivity contribution in [2.45, 2.75) is 31.6 Å². The molecule has 0 saturated carbocycles. The van der Waals surface area contributed by atoms with E-state index in [1.165, 1.54) is 16.4 Å². The number of sulfonamides is 1. The van der Waals surface area contributed by atoms with Crippen LogP contribution in [0.5, 0.6) is 0 Å². The fourth-order valence-corrected chi connectivity index (χ4v) is 3.30. The SMILES string of the molecule is CCCCN(CC)S(=O)(=O)c1ccc(Cl)cc1F. The van der Waals surface area contributed by atoms with Crippen LogP contribution < -0.4 is 0 Å². The number of hydrogen-bond donors (Lipinski definition) is 0. The van der Waals surface area contributed by atoms with Gasteiger partial charge in [-0.25, -0.2) is 12.8 Å². The van der Waals surface area contributed by atoms with Crippen molar-refractivity contribution < 1.29 is 12.8 Å². The Hall–Kier alpha value is -0.650. The molecule has 0 N–H and O–H groups in total. The summed E-state index contributed by atoms with van der Waals surface area (Å²) < 4.78 is 39.4. The summed E-state index contributed by atoms with van der Waals surface area (Å²) in [5.74, 6) is -0.808. The van der Waals surface area contributed by atoms with E-state index in [9.17, 15) is 12.8 Å². The zero-order valence-corrected chi connectivity index (χ0v) is 12.1. The van der Waals surface area contributed by atoms with Crippen LogP contribution in [0.3, 0.4) is 0 Å². The van der Waals surface area contributed by atoms with Crippen LogP contribution in [-0.4, -0.2) is 25.8 Å². The average Bonchev–Trinajstić information content (AvgIpc) is 2.29. The van der Waals surface area contributed by atoms with E-state index in [0.29, 0.717) is 13.1 Å². The second-order valence-electron chi connectivity index (χ2n) is 3.93. The van der Waals surface area contributed by atoms with Gasteiger partial charge < -0.3 is 0 Å². The summed E-state index contributed by atoms with van der Waals surface area (Å²) in [6, 6.07) is 3.61. The molecule has 102 valence electrons. The maximum absolute atomic E-state index is 13.7. The molecular weight excluding hydrogens is 277 g/mol. The van der Waals surface area contributed by atoms with Crippen LogP contribution in [0.15, 0.2) is 23.1 Å². The second-order valence-corrected chi connectivity index (χ2v) is 6.27. The third-order valence-electron chi connectivity index (χ3n) is 2.63. The molecule has 0 atom stereocenters. The third kappa shape index (κ3) is 3.43. The lowest BCUT2D eigenvalue weighted by molar-refractivity contribution is 0.415. The Labute approximate surface area is 113 Å². The van der Waals surface area contributed by atoms with E-state index in [1.807, 2.05) is 6.92 Å². The zero-order chi connectivity index (χ0) is 13.8. The van der Waals surface area contributed by atoms with Crippen molar-refractivity contribution >= 4 is 21.6 Å². The van der Waals surface area contributed by atoms with Gasteiger partial charge in [-0.15, -0.1) is 0 Å². The van der Waals surface area contributed by atoms with Crippen molar-refractivity contribution in [1.82, 2.24) is 4.31 Å². The van der Waals surface area contributed by atoms with E-state index in [-0.39, 0.29) is 9.92 Å². The van der Waals surface area contributed by atoms with Crippen molar-refractivity contribution in [3.05, 3.63) is 29.0 Å². The van der Waals surface area contributed by atoms with Gasteiger partial charge in [-0.1, -0.05) is 31.9 Å². The van der Waals surface area contributed by atoms with Crippen molar-refractivity contribution in [2.75, 3.05) is 13.1 Å². The van der Waals surface area contributed by atoms with Crippen molar-refractivity contribution in [3.63, 3.8) is 0 Å². The summed E-state index contributed by atoms with van der Waals surface area (Å²) in [6.45, 7) is 4.44. The molecular formula is C12H17ClFNO2S. The van der Waals surface area contributed by atoms with Gasteiger partial charge in [0.1, 0.15) is 10.7 Å². The molecule has 3 nitrogen and oxygen atoms in total. The molecule has 0 aliphatic carbocycles. The molecule has 0 fully saturated rings. The minimum Gasteiger partial charge on any atom is -0.207 e. The summed E-state index contributed by atoms with van der Waals surface area (Å²) in [5, 5.41) is 0.183. The number of unbranched alkanes of at least 4 members (excludes halogenated alkanes) is 1. The molecule has 0 aromatic heterocycles. The monoisotopic (exact) mass is 293 g/mol. The summed E-state index contributed by atoms with van der Waals surface area (Å²) in [6.07, 6.45) is 1.64. The fraction of sp³-hybridized carbons (Fsp3) is 0.500. The molecule has 6 heteroatoms. The van der Waals surface area contributed by atoms with Crippen LogP contribution in [-0.2, 0) is 10.0 Å². The predicted molar refractivity (Wildman–Crippen MR) is 70.8 cm³/mol. The molecule has 18 heavy (non-hydrogen) atoms. The molecule has 1 aromatic carbocycles. The Morgan fingerprint density at radius 1 is 1.33 bits per heavy atom. The highest BCUT2D eigenvalue weighted by atomic mass is 35.5. The fourth-order valence-electron chi connectivity index (χ4n) is 1.61. The Morgan fingerprint density at radius 3 is 2.50 bits per heavy atom. The lowest BCUT2D eigenvalue weighted by Gasteiger charge is -2.20. The molecule has 0 saturated heterocycles. The van der Waals surface area contributed by atoms with Gasteiger partial charge >= 0.3 is 0 Å². The normalized spacial score (nSPS) is 12.1. The quantitative estimate of drug-likeness (QED) is 0.807. The van der Waals surface area contributed by atoms with Crippen LogP contribution in [0.4, 0.5) is 4.39 Å². The number of rotatable bonds is 6. The van der Waals surface area contributed by atoms with Gasteiger partial charge in [-0.2, -0.15) is 4.31 Å². The van der Waals surface area contributed by atoms with Crippen LogP contribution in [0.1, 0.15) is 26.7 Å². The Balaban J connectivity index is 3.10. The van der Waals surface area contributed by atoms with Crippen molar-refractivity contribution in [2.24, 2.45) is 0 Å². The second kappa shape index (κ2) is 6.50. The molecule has 0 aliphatic rings. The largest absolute Gasteiger partial charge is 0.245 e. The van der Waals surface area contributed by atoms with E-state index in [0.717, 1.165) is 18.9 Å². The van der Waals surface area contributed by atoms with E-state index < -0.39 is 15.8 Å². The molecule has 0 unspecified atom stereocenters. The van der Waals surface area contributed by atoms with Crippen LogP contribution >= 0.6 is 11.6 Å². The van der Waals surface area contributed by atoms with Gasteiger partial charge in [0, 0.05) is 18.1 Å². The maximum Gasteiger partial charge on any atom is 0.245 e. The first-order valence-corrected chi connectivity index (χ1v) is 7.70. The van der Waals surface area contributed by atoms with Gasteiger partial charge in [0.05, 0.1) is 0 Å². The number of halogens is 2. The van der Waals surface area contributed by atoms with Crippen LogP contribution in [0.2, 0.25) is 5.02 Å². The maximum atomic E-state index is 13.7. The van der Waals surface area contributed by atoms with Gasteiger partial charge in [0.25, 0.3) is 0 Å². The molecule has 0 heterocycles. The highest BCUT2D eigenvalue weighted by Gasteiger charge is 2.25. The Kier molecular flexibility index (Phi) is 5.56. The zero-order valence-electron chi connectivity index (χ0n) is 10.5. The standard InChI is InChI=1S/C12H17ClFNO2S/c1-3-5-8-15(4-2)18(16,17)12-7-6-10(13)9-11(12)14/h6-7,9H,3-5,8H2,1-2H3. The van der Waals surface area contributed by atoms with Gasteiger partial charge in [0.2, 0.25) is 10.0 Å². The summed E-state index contributed by atoms with van der Waals surface area (Å²) in [7, 11) is -3.77. The van der Waals surface area contributed by atoms with Gasteiger partial charge in [-0.05, 0) is 24.6 Å². The molecule has 0 aliphatic heterocycles. The van der Waals surface area contributed by atoms with Crippen LogP contribution in [0, 0.1) is 5.82 Å². The minimum atomic E-state index is -3.77. The predicted octanol–water partition coefficient (Wildman–Crippen LogP) is 3.29. The van der Waals surface area contributed by atoms with E-state index in [2.05, 4.69) is 0 Å². The Morgan fingerprint density at radius 2 is 2.00 bits per heavy atom. The van der Waals surface area contributed by atoms with E-state index in [4.69, 9.17) is 11.6 Å². The minimum absolute atomic E-state index is 0.183. The average molecular weight is 294 g/mol. The van der Waals surface area contributed by atoms with Crippen molar-refractivity contribution in [3.8, 4) is 0 Å². The molecule has 0 bridgehead atoms. The smallest absolute Gasteiger partial charge is 0.207 e. The van der Waals surface area contributed by atoms with Crippen molar-refractivity contribution in [1.29, 1.82) is 0 Å². The lowest BCUT2D eigenvalue weighted by atomic mass is 10.3. The number of nitrogens with zero attached hydrogens (tertiary/aromatic N) is 1. The van der Waals surface area contributed by atoms with Gasteiger partial charge in [0.15, 0.2) is 0 Å². The number of hydrogen-bond acceptors (Lipinski definition) is 2. The number of benzene rings is 1. The molecule has 0 spiro atoms. The summed E-state index contributed by atoms with van der Waals surface area (Å²) in [4.78, 5) is -0.315. The molecule has 1 aromatic rings.